The van der Waals surface area contributed by atoms with Crippen LogP contribution in [0.3, 0.4) is 0 Å². The highest BCUT2D eigenvalue weighted by atomic mass is 16.6. The molecule has 1 aliphatic rings. The van der Waals surface area contributed by atoms with Gasteiger partial charge in [-0.15, -0.1) is 0 Å². The van der Waals surface area contributed by atoms with Gasteiger partial charge in [0.05, 0.1) is 19.6 Å². The third-order valence-electron chi connectivity index (χ3n) is 3.34. The number of carbonyl (C=O) groups excluding carboxylic acids is 3. The Kier molecular flexibility index (Phi) is 4.57. The van der Waals surface area contributed by atoms with E-state index in [1.165, 1.54) is 7.11 Å². The van der Waals surface area contributed by atoms with E-state index in [0.29, 0.717) is 5.56 Å². The van der Waals surface area contributed by atoms with E-state index in [4.69, 9.17) is 9.47 Å². The van der Waals surface area contributed by atoms with Crippen molar-refractivity contribution < 1.29 is 28.6 Å². The molecule has 21 heavy (non-hydrogen) atoms. The molecule has 0 amide bonds. The monoisotopic (exact) mass is 292 g/mol. The minimum absolute atomic E-state index is 0.164. The fourth-order valence-corrected chi connectivity index (χ4v) is 2.42. The maximum absolute atomic E-state index is 12.0. The summed E-state index contributed by atoms with van der Waals surface area (Å²) < 4.78 is 14.6. The van der Waals surface area contributed by atoms with Crippen LogP contribution in [0.15, 0.2) is 30.3 Å². The largest absolute Gasteiger partial charge is 0.468 e. The Morgan fingerprint density at radius 2 is 1.86 bits per heavy atom. The van der Waals surface area contributed by atoms with Gasteiger partial charge in [0.2, 0.25) is 6.10 Å². The first-order chi connectivity index (χ1) is 10.1. The smallest absolute Gasteiger partial charge is 0.348 e. The Morgan fingerprint density at radius 3 is 2.43 bits per heavy atom. The molecule has 0 aliphatic carbocycles. The highest BCUT2D eigenvalue weighted by molar-refractivity contribution is 6.00. The van der Waals surface area contributed by atoms with E-state index in [-0.39, 0.29) is 6.61 Å². The van der Waals surface area contributed by atoms with E-state index in [1.54, 1.807) is 37.3 Å². The number of esters is 3. The molecule has 6 heteroatoms. The number of cyclic esters (lactones) is 1. The van der Waals surface area contributed by atoms with Gasteiger partial charge in [0, 0.05) is 0 Å². The van der Waals surface area contributed by atoms with E-state index in [9.17, 15) is 14.4 Å². The molecular formula is C15H16O6. The number of benzene rings is 1. The van der Waals surface area contributed by atoms with Gasteiger partial charge in [-0.25, -0.2) is 4.79 Å². The topological polar surface area (TPSA) is 78.9 Å². The zero-order valence-electron chi connectivity index (χ0n) is 11.8. The van der Waals surface area contributed by atoms with Gasteiger partial charge in [-0.05, 0) is 12.5 Å². The van der Waals surface area contributed by atoms with Crippen LogP contribution in [0.4, 0.5) is 0 Å². The summed E-state index contributed by atoms with van der Waals surface area (Å²) in [4.78, 5) is 35.8. The summed E-state index contributed by atoms with van der Waals surface area (Å²) >= 11 is 0. The number of methoxy groups -OCH3 is 1. The van der Waals surface area contributed by atoms with Crippen molar-refractivity contribution in [2.45, 2.75) is 18.9 Å². The summed E-state index contributed by atoms with van der Waals surface area (Å²) in [5, 5.41) is 0. The summed E-state index contributed by atoms with van der Waals surface area (Å²) in [6.07, 6.45) is -1.14. The van der Waals surface area contributed by atoms with Gasteiger partial charge >= 0.3 is 17.9 Å². The lowest BCUT2D eigenvalue weighted by Gasteiger charge is -2.19. The van der Waals surface area contributed by atoms with Gasteiger partial charge in [-0.1, -0.05) is 30.3 Å². The molecule has 0 unspecified atom stereocenters. The van der Waals surface area contributed by atoms with Crippen molar-refractivity contribution in [2.75, 3.05) is 13.7 Å². The van der Waals surface area contributed by atoms with E-state index in [0.717, 1.165) is 0 Å². The van der Waals surface area contributed by atoms with Crippen molar-refractivity contribution in [1.29, 1.82) is 0 Å². The quantitative estimate of drug-likeness (QED) is 0.469. The SMILES string of the molecule is CCOC(=O)[C@@H]1OC(=O)[C@@H](C(=O)OC)[C@@H]1c1ccccc1. The molecule has 3 atom stereocenters. The molecule has 1 saturated heterocycles. The standard InChI is InChI=1S/C15H16O6/c1-3-20-15(18)12-10(9-7-5-4-6-8-9)11(13(16)19-2)14(17)21-12/h4-8,10-12H,3H2,1-2H3/t10-,11+,12+/m0/s1. The van der Waals surface area contributed by atoms with Crippen LogP contribution in [0.2, 0.25) is 0 Å². The number of rotatable bonds is 4. The molecule has 1 aliphatic heterocycles. The first kappa shape index (κ1) is 15.0. The molecule has 0 radical (unpaired) electrons. The maximum Gasteiger partial charge on any atom is 0.348 e. The van der Waals surface area contributed by atoms with Crippen molar-refractivity contribution in [2.24, 2.45) is 5.92 Å². The lowest BCUT2D eigenvalue weighted by molar-refractivity contribution is -0.163. The number of hydrogen-bond donors (Lipinski definition) is 0. The highest BCUT2D eigenvalue weighted by Gasteiger charge is 2.53. The molecule has 0 bridgehead atoms. The van der Waals surface area contributed by atoms with Crippen LogP contribution >= 0.6 is 0 Å². The minimum Gasteiger partial charge on any atom is -0.468 e. The van der Waals surface area contributed by atoms with Crippen molar-refractivity contribution in [1.82, 2.24) is 0 Å². The second kappa shape index (κ2) is 6.39. The number of hydrogen-bond acceptors (Lipinski definition) is 6. The molecule has 0 saturated carbocycles. The average molecular weight is 292 g/mol. The Morgan fingerprint density at radius 1 is 1.19 bits per heavy atom. The summed E-state index contributed by atoms with van der Waals surface area (Å²) in [6.45, 7) is 1.82. The Labute approximate surface area is 122 Å². The summed E-state index contributed by atoms with van der Waals surface area (Å²) in [5.74, 6) is -4.06. The second-order valence-corrected chi connectivity index (χ2v) is 4.55. The van der Waals surface area contributed by atoms with Crippen LogP contribution in [0.25, 0.3) is 0 Å². The molecule has 0 spiro atoms. The number of ether oxygens (including phenoxy) is 3. The number of carbonyl (C=O) groups is 3. The minimum atomic E-state index is -1.16. The van der Waals surface area contributed by atoms with Crippen LogP contribution in [0, 0.1) is 5.92 Å². The summed E-state index contributed by atoms with van der Waals surface area (Å²) in [7, 11) is 1.19. The molecule has 1 aromatic carbocycles. The van der Waals surface area contributed by atoms with Crippen molar-refractivity contribution in [3.8, 4) is 0 Å². The van der Waals surface area contributed by atoms with E-state index in [1.807, 2.05) is 0 Å². The van der Waals surface area contributed by atoms with Crippen LogP contribution in [-0.4, -0.2) is 37.7 Å². The molecule has 1 heterocycles. The van der Waals surface area contributed by atoms with Gasteiger partial charge in [0.1, 0.15) is 0 Å². The Bertz CT molecular complexity index is 538. The van der Waals surface area contributed by atoms with E-state index < -0.39 is 35.8 Å². The summed E-state index contributed by atoms with van der Waals surface area (Å²) in [5.41, 5.74) is 0.650. The second-order valence-electron chi connectivity index (χ2n) is 4.55. The lowest BCUT2D eigenvalue weighted by atomic mass is 9.84. The molecular weight excluding hydrogens is 276 g/mol. The molecule has 6 nitrogen and oxygen atoms in total. The van der Waals surface area contributed by atoms with Crippen molar-refractivity contribution in [3.05, 3.63) is 35.9 Å². The average Bonchev–Trinajstić information content (AvgIpc) is 2.85. The molecule has 1 fully saturated rings. The fourth-order valence-electron chi connectivity index (χ4n) is 2.42. The van der Waals surface area contributed by atoms with Crippen LogP contribution in [0.1, 0.15) is 18.4 Å². The van der Waals surface area contributed by atoms with E-state index >= 15 is 0 Å². The molecule has 0 N–H and O–H groups in total. The predicted molar refractivity (Wildman–Crippen MR) is 71.2 cm³/mol. The van der Waals surface area contributed by atoms with Crippen molar-refractivity contribution >= 4 is 17.9 Å². The van der Waals surface area contributed by atoms with Crippen LogP contribution < -0.4 is 0 Å². The zero-order chi connectivity index (χ0) is 15.4. The van der Waals surface area contributed by atoms with Crippen molar-refractivity contribution in [3.63, 3.8) is 0 Å². The molecule has 1 aromatic rings. The van der Waals surface area contributed by atoms with Gasteiger partial charge in [-0.2, -0.15) is 0 Å². The Hall–Kier alpha value is -2.37. The third-order valence-corrected chi connectivity index (χ3v) is 3.34. The zero-order valence-corrected chi connectivity index (χ0v) is 11.8. The summed E-state index contributed by atoms with van der Waals surface area (Å²) in [6, 6.07) is 8.78. The first-order valence-corrected chi connectivity index (χ1v) is 6.60. The van der Waals surface area contributed by atoms with E-state index in [2.05, 4.69) is 4.74 Å². The molecule has 0 aromatic heterocycles. The third kappa shape index (κ3) is 2.89. The first-order valence-electron chi connectivity index (χ1n) is 6.60. The molecule has 2 rings (SSSR count). The van der Waals surface area contributed by atoms with Gasteiger partial charge in [-0.3, -0.25) is 9.59 Å². The van der Waals surface area contributed by atoms with Gasteiger partial charge in [0.15, 0.2) is 5.92 Å². The highest BCUT2D eigenvalue weighted by Crippen LogP contribution is 2.38. The normalized spacial score (nSPS) is 24.3. The fraction of sp³-hybridized carbons (Fsp3) is 0.400. The van der Waals surface area contributed by atoms with Gasteiger partial charge in [0.25, 0.3) is 0 Å². The van der Waals surface area contributed by atoms with Gasteiger partial charge < -0.3 is 14.2 Å². The lowest BCUT2D eigenvalue weighted by Crippen LogP contribution is -2.32. The van der Waals surface area contributed by atoms with Crippen LogP contribution in [-0.2, 0) is 28.6 Å². The van der Waals surface area contributed by atoms with Crippen LogP contribution in [0.5, 0.6) is 0 Å². The Balaban J connectivity index is 2.40. The maximum atomic E-state index is 12.0. The predicted octanol–water partition coefficient (Wildman–Crippen LogP) is 1.05. The molecule has 112 valence electrons.